The number of imidazole rings is 1. The fourth-order valence-corrected chi connectivity index (χ4v) is 4.24. The minimum Gasteiger partial charge on any atom is -0.484 e. The van der Waals surface area contributed by atoms with Crippen LogP contribution in [0.15, 0.2) is 36.7 Å². The molecule has 3 heterocycles. The van der Waals surface area contributed by atoms with Gasteiger partial charge < -0.3 is 25.3 Å². The Labute approximate surface area is 170 Å². The number of hydrogen-bond donors (Lipinski definition) is 3. The molecule has 2 aliphatic rings. The van der Waals surface area contributed by atoms with Gasteiger partial charge in [0, 0.05) is 31.7 Å². The highest BCUT2D eigenvalue weighted by Gasteiger charge is 2.42. The first kappa shape index (κ1) is 19.4. The fraction of sp³-hybridized carbons (Fsp3) is 0.476. The molecule has 2 amide bonds. The van der Waals surface area contributed by atoms with Gasteiger partial charge >= 0.3 is 0 Å². The first-order valence-electron chi connectivity index (χ1n) is 10.1. The summed E-state index contributed by atoms with van der Waals surface area (Å²) in [5.41, 5.74) is 2.14. The summed E-state index contributed by atoms with van der Waals surface area (Å²) in [6.07, 6.45) is 4.34. The van der Waals surface area contributed by atoms with Crippen LogP contribution in [-0.2, 0) is 21.5 Å². The number of likely N-dealkylation sites (tertiary alicyclic amines) is 1. The van der Waals surface area contributed by atoms with Crippen molar-refractivity contribution in [3.63, 3.8) is 0 Å². The van der Waals surface area contributed by atoms with Gasteiger partial charge in [-0.25, -0.2) is 4.98 Å². The van der Waals surface area contributed by atoms with Gasteiger partial charge in [0.1, 0.15) is 11.8 Å². The molecule has 4 rings (SSSR count). The van der Waals surface area contributed by atoms with Crippen LogP contribution in [0.1, 0.15) is 31.2 Å². The molecule has 2 aliphatic heterocycles. The molecule has 8 heteroatoms. The molecule has 1 aromatic carbocycles. The number of H-pyrrole nitrogens is 1. The van der Waals surface area contributed by atoms with Crippen LogP contribution in [0, 0.1) is 0 Å². The molecule has 0 saturated carbocycles. The molecule has 3 N–H and O–H groups in total. The highest BCUT2D eigenvalue weighted by Crippen LogP contribution is 2.35. The Morgan fingerprint density at radius 2 is 2.03 bits per heavy atom. The van der Waals surface area contributed by atoms with E-state index in [0.717, 1.165) is 31.5 Å². The molecule has 1 saturated heterocycles. The SMILES string of the molecule is C[C@@H](NC(=O)COc1ccccc1)C(=O)N1CCC2(CC1)NCCc1[nH]cnc12. The minimum atomic E-state index is -0.587. The number of rotatable bonds is 5. The van der Waals surface area contributed by atoms with E-state index in [-0.39, 0.29) is 24.0 Å². The summed E-state index contributed by atoms with van der Waals surface area (Å²) in [4.78, 5) is 34.5. The average molecular weight is 397 g/mol. The van der Waals surface area contributed by atoms with Gasteiger partial charge in [-0.1, -0.05) is 18.2 Å². The third kappa shape index (κ3) is 4.12. The Bertz CT molecular complexity index is 858. The van der Waals surface area contributed by atoms with Crippen molar-refractivity contribution in [2.75, 3.05) is 26.2 Å². The molecule has 29 heavy (non-hydrogen) atoms. The number of amides is 2. The molecule has 0 unspecified atom stereocenters. The van der Waals surface area contributed by atoms with Crippen molar-refractivity contribution in [3.8, 4) is 5.75 Å². The van der Waals surface area contributed by atoms with Crippen molar-refractivity contribution in [1.82, 2.24) is 25.5 Å². The summed E-state index contributed by atoms with van der Waals surface area (Å²) in [5, 5.41) is 6.36. The first-order chi connectivity index (χ1) is 14.1. The molecular formula is C21H27N5O3. The molecule has 2 aromatic rings. The zero-order valence-electron chi connectivity index (χ0n) is 16.6. The molecule has 1 spiro atoms. The van der Waals surface area contributed by atoms with E-state index in [1.165, 1.54) is 5.69 Å². The van der Waals surface area contributed by atoms with Crippen LogP contribution in [0.5, 0.6) is 5.75 Å². The molecule has 8 nitrogen and oxygen atoms in total. The number of nitrogens with zero attached hydrogens (tertiary/aromatic N) is 2. The highest BCUT2D eigenvalue weighted by atomic mass is 16.5. The number of nitrogens with one attached hydrogen (secondary N) is 3. The van der Waals surface area contributed by atoms with E-state index in [1.54, 1.807) is 25.4 Å². The van der Waals surface area contributed by atoms with Crippen LogP contribution >= 0.6 is 0 Å². The standard InChI is InChI=1S/C21H27N5O3/c1-15(25-18(27)13-29-16-5-3-2-4-6-16)20(28)26-11-8-21(9-12-26)19-17(7-10-24-21)22-14-23-19/h2-6,14-15,24H,7-13H2,1H3,(H,22,23)(H,25,27)/t15-/m1/s1. The first-order valence-corrected chi connectivity index (χ1v) is 10.1. The Hall–Kier alpha value is -2.87. The number of hydrogen-bond acceptors (Lipinski definition) is 5. The molecule has 154 valence electrons. The number of piperidine rings is 1. The van der Waals surface area contributed by atoms with E-state index in [4.69, 9.17) is 4.74 Å². The van der Waals surface area contributed by atoms with Crippen molar-refractivity contribution < 1.29 is 14.3 Å². The number of ether oxygens (including phenoxy) is 1. The molecule has 0 bridgehead atoms. The number of carbonyl (C=O) groups excluding carboxylic acids is 2. The lowest BCUT2D eigenvalue weighted by Gasteiger charge is -2.44. The second-order valence-electron chi connectivity index (χ2n) is 7.70. The summed E-state index contributed by atoms with van der Waals surface area (Å²) in [6.45, 7) is 3.79. The lowest BCUT2D eigenvalue weighted by molar-refractivity contribution is -0.138. The summed E-state index contributed by atoms with van der Waals surface area (Å²) >= 11 is 0. The Kier molecular flexibility index (Phi) is 5.53. The van der Waals surface area contributed by atoms with Gasteiger partial charge in [0.05, 0.1) is 17.6 Å². The lowest BCUT2D eigenvalue weighted by atomic mass is 9.80. The van der Waals surface area contributed by atoms with Gasteiger partial charge in [0.2, 0.25) is 5.91 Å². The van der Waals surface area contributed by atoms with E-state index in [1.807, 2.05) is 23.1 Å². The van der Waals surface area contributed by atoms with Gasteiger partial charge in [-0.05, 0) is 31.9 Å². The number of benzene rings is 1. The van der Waals surface area contributed by atoms with E-state index >= 15 is 0 Å². The van der Waals surface area contributed by atoms with Crippen LogP contribution in [0.25, 0.3) is 0 Å². The van der Waals surface area contributed by atoms with Crippen molar-refractivity contribution in [2.45, 2.75) is 37.8 Å². The second kappa shape index (κ2) is 8.24. The van der Waals surface area contributed by atoms with E-state index in [0.29, 0.717) is 18.8 Å². The number of aromatic nitrogens is 2. The predicted molar refractivity (Wildman–Crippen MR) is 107 cm³/mol. The van der Waals surface area contributed by atoms with Crippen LogP contribution in [0.2, 0.25) is 0 Å². The normalized spacial score (nSPS) is 18.7. The Balaban J connectivity index is 1.28. The molecule has 1 fully saturated rings. The van der Waals surface area contributed by atoms with Crippen LogP contribution < -0.4 is 15.4 Å². The largest absolute Gasteiger partial charge is 0.484 e. The maximum atomic E-state index is 12.8. The maximum absolute atomic E-state index is 12.8. The van der Waals surface area contributed by atoms with Gasteiger partial charge in [-0.2, -0.15) is 0 Å². The molecule has 1 atom stereocenters. The lowest BCUT2D eigenvalue weighted by Crippen LogP contribution is -2.57. The molecular weight excluding hydrogens is 370 g/mol. The van der Waals surface area contributed by atoms with Crippen molar-refractivity contribution in [3.05, 3.63) is 48.0 Å². The Morgan fingerprint density at radius 1 is 1.28 bits per heavy atom. The zero-order valence-corrected chi connectivity index (χ0v) is 16.6. The number of para-hydroxylation sites is 1. The third-order valence-electron chi connectivity index (χ3n) is 5.80. The Morgan fingerprint density at radius 3 is 2.79 bits per heavy atom. The topological polar surface area (TPSA) is 99.4 Å². The van der Waals surface area contributed by atoms with Gasteiger partial charge in [-0.3, -0.25) is 9.59 Å². The summed E-state index contributed by atoms with van der Waals surface area (Å²) in [6, 6.07) is 8.55. The molecule has 0 aliphatic carbocycles. The number of fused-ring (bicyclic) bond motifs is 2. The van der Waals surface area contributed by atoms with Crippen molar-refractivity contribution >= 4 is 11.8 Å². The van der Waals surface area contributed by atoms with Crippen LogP contribution in [-0.4, -0.2) is 59.0 Å². The fourth-order valence-electron chi connectivity index (χ4n) is 4.24. The van der Waals surface area contributed by atoms with Crippen LogP contribution in [0.4, 0.5) is 0 Å². The van der Waals surface area contributed by atoms with Gasteiger partial charge in [0.15, 0.2) is 6.61 Å². The second-order valence-corrected chi connectivity index (χ2v) is 7.70. The van der Waals surface area contributed by atoms with E-state index in [9.17, 15) is 9.59 Å². The number of carbonyl (C=O) groups is 2. The summed E-state index contributed by atoms with van der Waals surface area (Å²) in [5.74, 6) is 0.255. The van der Waals surface area contributed by atoms with Gasteiger partial charge in [0.25, 0.3) is 5.91 Å². The number of aromatic amines is 1. The molecule has 0 radical (unpaired) electrons. The third-order valence-corrected chi connectivity index (χ3v) is 5.80. The van der Waals surface area contributed by atoms with Crippen LogP contribution in [0.3, 0.4) is 0 Å². The van der Waals surface area contributed by atoms with Crippen molar-refractivity contribution in [2.24, 2.45) is 0 Å². The summed E-state index contributed by atoms with van der Waals surface area (Å²) in [7, 11) is 0. The minimum absolute atomic E-state index is 0.0639. The quantitative estimate of drug-likeness (QED) is 0.698. The zero-order chi connectivity index (χ0) is 20.3. The smallest absolute Gasteiger partial charge is 0.258 e. The van der Waals surface area contributed by atoms with E-state index < -0.39 is 6.04 Å². The predicted octanol–water partition coefficient (Wildman–Crippen LogP) is 0.957. The van der Waals surface area contributed by atoms with E-state index in [2.05, 4.69) is 20.6 Å². The molecule has 1 aromatic heterocycles. The summed E-state index contributed by atoms with van der Waals surface area (Å²) < 4.78 is 5.44. The maximum Gasteiger partial charge on any atom is 0.258 e. The van der Waals surface area contributed by atoms with Gasteiger partial charge in [-0.15, -0.1) is 0 Å². The highest BCUT2D eigenvalue weighted by molar-refractivity contribution is 5.88. The monoisotopic (exact) mass is 397 g/mol. The van der Waals surface area contributed by atoms with Crippen molar-refractivity contribution in [1.29, 1.82) is 0 Å². The average Bonchev–Trinajstić information content (AvgIpc) is 3.24.